The Morgan fingerprint density at radius 3 is 2.83 bits per heavy atom. The van der Waals surface area contributed by atoms with Gasteiger partial charge < -0.3 is 20.5 Å². The number of carbonyl (C=O) groups is 1. The van der Waals surface area contributed by atoms with E-state index in [1.807, 2.05) is 0 Å². The largest absolute Gasteiger partial charge is 0.496 e. The van der Waals surface area contributed by atoms with E-state index in [1.165, 1.54) is 13.2 Å². The van der Waals surface area contributed by atoms with Crippen molar-refractivity contribution in [1.29, 1.82) is 0 Å². The minimum atomic E-state index is -0.258. The standard InChI is InChI=1S/C16H23Cl2N3O3/c1-23-14-8-12(19)11(18)7-10(14)16(22)20-13-3-5-21(6-4-17)9-15(13)24-2/h7-8,13,15H,3-6,9,19H2,1-2H3,(H,20,22)/t13-,15+/m0/s1. The Kier molecular flexibility index (Phi) is 6.98. The normalized spacial score (nSPS) is 21.5. The minimum Gasteiger partial charge on any atom is -0.496 e. The molecule has 0 unspecified atom stereocenters. The average molecular weight is 376 g/mol. The van der Waals surface area contributed by atoms with Gasteiger partial charge in [-0.05, 0) is 12.5 Å². The van der Waals surface area contributed by atoms with Crippen molar-refractivity contribution in [2.75, 3.05) is 45.5 Å². The zero-order chi connectivity index (χ0) is 17.7. The van der Waals surface area contributed by atoms with E-state index in [4.69, 9.17) is 38.4 Å². The summed E-state index contributed by atoms with van der Waals surface area (Å²) in [4.78, 5) is 14.9. The molecule has 2 rings (SSSR count). The van der Waals surface area contributed by atoms with Gasteiger partial charge in [-0.3, -0.25) is 9.69 Å². The number of nitrogens with zero attached hydrogens (tertiary/aromatic N) is 1. The lowest BCUT2D eigenvalue weighted by Gasteiger charge is -2.37. The molecule has 1 aromatic carbocycles. The molecule has 1 saturated heterocycles. The van der Waals surface area contributed by atoms with Crippen molar-refractivity contribution in [3.8, 4) is 5.75 Å². The molecule has 1 aliphatic rings. The molecule has 1 heterocycles. The van der Waals surface area contributed by atoms with E-state index in [1.54, 1.807) is 13.2 Å². The lowest BCUT2D eigenvalue weighted by molar-refractivity contribution is 0.00825. The molecule has 0 saturated carbocycles. The van der Waals surface area contributed by atoms with Gasteiger partial charge in [-0.25, -0.2) is 0 Å². The third kappa shape index (κ3) is 4.45. The van der Waals surface area contributed by atoms with Crippen LogP contribution in [-0.2, 0) is 4.74 Å². The molecule has 1 fully saturated rings. The van der Waals surface area contributed by atoms with Crippen LogP contribution in [0.4, 0.5) is 5.69 Å². The van der Waals surface area contributed by atoms with Gasteiger partial charge >= 0.3 is 0 Å². The quantitative estimate of drug-likeness (QED) is 0.587. The van der Waals surface area contributed by atoms with Gasteiger partial charge in [-0.1, -0.05) is 11.6 Å². The van der Waals surface area contributed by atoms with Crippen molar-refractivity contribution in [2.24, 2.45) is 0 Å². The number of nitrogens with one attached hydrogen (secondary N) is 1. The molecule has 134 valence electrons. The first-order valence-electron chi connectivity index (χ1n) is 7.75. The van der Waals surface area contributed by atoms with Crippen LogP contribution in [-0.4, -0.2) is 62.7 Å². The molecular formula is C16H23Cl2N3O3. The average Bonchev–Trinajstić information content (AvgIpc) is 2.58. The van der Waals surface area contributed by atoms with E-state index in [2.05, 4.69) is 10.2 Å². The summed E-state index contributed by atoms with van der Waals surface area (Å²) in [7, 11) is 3.14. The highest BCUT2D eigenvalue weighted by Gasteiger charge is 2.31. The number of likely N-dealkylation sites (tertiary alicyclic amines) is 1. The highest BCUT2D eigenvalue weighted by molar-refractivity contribution is 6.33. The third-order valence-corrected chi connectivity index (χ3v) is 4.72. The highest BCUT2D eigenvalue weighted by atomic mass is 35.5. The van der Waals surface area contributed by atoms with Gasteiger partial charge in [0.05, 0.1) is 35.5 Å². The van der Waals surface area contributed by atoms with Gasteiger partial charge in [0.15, 0.2) is 0 Å². The smallest absolute Gasteiger partial charge is 0.255 e. The van der Waals surface area contributed by atoms with Crippen molar-refractivity contribution < 1.29 is 14.3 Å². The highest BCUT2D eigenvalue weighted by Crippen LogP contribution is 2.29. The number of nitrogens with two attached hydrogens (primary N) is 1. The topological polar surface area (TPSA) is 76.8 Å². The molecule has 8 heteroatoms. The molecule has 0 aromatic heterocycles. The molecule has 0 radical (unpaired) electrons. The second kappa shape index (κ2) is 8.76. The lowest BCUT2D eigenvalue weighted by Crippen LogP contribution is -2.55. The second-order valence-electron chi connectivity index (χ2n) is 5.71. The number of alkyl halides is 1. The molecule has 6 nitrogen and oxygen atoms in total. The van der Waals surface area contributed by atoms with Crippen LogP contribution in [0.2, 0.25) is 5.02 Å². The Morgan fingerprint density at radius 1 is 1.46 bits per heavy atom. The van der Waals surface area contributed by atoms with Crippen molar-refractivity contribution in [1.82, 2.24) is 10.2 Å². The van der Waals surface area contributed by atoms with Gasteiger partial charge in [0.1, 0.15) is 5.75 Å². The summed E-state index contributed by atoms with van der Waals surface area (Å²) in [5.41, 5.74) is 6.48. The van der Waals surface area contributed by atoms with Crippen LogP contribution in [0.3, 0.4) is 0 Å². The van der Waals surface area contributed by atoms with Crippen LogP contribution in [0, 0.1) is 0 Å². The van der Waals surface area contributed by atoms with Crippen LogP contribution >= 0.6 is 23.2 Å². The first-order chi connectivity index (χ1) is 11.5. The van der Waals surface area contributed by atoms with E-state index < -0.39 is 0 Å². The zero-order valence-corrected chi connectivity index (χ0v) is 15.4. The summed E-state index contributed by atoms with van der Waals surface area (Å²) < 4.78 is 10.8. The molecule has 24 heavy (non-hydrogen) atoms. The molecule has 1 aromatic rings. The van der Waals surface area contributed by atoms with Gasteiger partial charge in [-0.15, -0.1) is 11.6 Å². The fourth-order valence-electron chi connectivity index (χ4n) is 2.87. The predicted octanol–water partition coefficient (Wildman–Crippen LogP) is 1.99. The Balaban J connectivity index is 2.10. The number of ether oxygens (including phenoxy) is 2. The van der Waals surface area contributed by atoms with Crippen molar-refractivity contribution in [3.05, 3.63) is 22.7 Å². The summed E-state index contributed by atoms with van der Waals surface area (Å²) in [6.07, 6.45) is 0.688. The third-order valence-electron chi connectivity index (χ3n) is 4.23. The number of hydrogen-bond donors (Lipinski definition) is 2. The number of carbonyl (C=O) groups excluding carboxylic acids is 1. The van der Waals surface area contributed by atoms with Crippen LogP contribution in [0.15, 0.2) is 12.1 Å². The van der Waals surface area contributed by atoms with Crippen molar-refractivity contribution in [2.45, 2.75) is 18.6 Å². The van der Waals surface area contributed by atoms with Crippen molar-refractivity contribution >= 4 is 34.8 Å². The number of anilines is 1. The van der Waals surface area contributed by atoms with Crippen LogP contribution < -0.4 is 15.8 Å². The second-order valence-corrected chi connectivity index (χ2v) is 6.49. The molecule has 3 N–H and O–H groups in total. The molecule has 0 aliphatic carbocycles. The van der Waals surface area contributed by atoms with Crippen molar-refractivity contribution in [3.63, 3.8) is 0 Å². The number of halogens is 2. The van der Waals surface area contributed by atoms with E-state index in [0.29, 0.717) is 27.9 Å². The van der Waals surface area contributed by atoms with Crippen LogP contribution in [0.25, 0.3) is 0 Å². The van der Waals surface area contributed by atoms with E-state index >= 15 is 0 Å². The Labute approximate surface area is 152 Å². The molecule has 2 atom stereocenters. The maximum atomic E-state index is 12.6. The van der Waals surface area contributed by atoms with Crippen LogP contribution in [0.5, 0.6) is 5.75 Å². The molecule has 0 bridgehead atoms. The number of hydrogen-bond acceptors (Lipinski definition) is 5. The molecule has 1 amide bonds. The molecule has 0 spiro atoms. The SMILES string of the molecule is COc1cc(N)c(Cl)cc1C(=O)N[C@H]1CCN(CCCl)C[C@H]1OC. The first kappa shape index (κ1) is 19.1. The summed E-state index contributed by atoms with van der Waals surface area (Å²) in [6, 6.07) is 2.99. The van der Waals surface area contributed by atoms with E-state index in [0.717, 1.165) is 26.1 Å². The number of methoxy groups -OCH3 is 2. The van der Waals surface area contributed by atoms with Gasteiger partial charge in [0.25, 0.3) is 5.91 Å². The van der Waals surface area contributed by atoms with Gasteiger partial charge in [0, 0.05) is 38.7 Å². The lowest BCUT2D eigenvalue weighted by atomic mass is 10.0. The van der Waals surface area contributed by atoms with E-state index in [-0.39, 0.29) is 18.1 Å². The number of piperidine rings is 1. The maximum absolute atomic E-state index is 12.6. The van der Waals surface area contributed by atoms with Crippen LogP contribution in [0.1, 0.15) is 16.8 Å². The monoisotopic (exact) mass is 375 g/mol. The zero-order valence-electron chi connectivity index (χ0n) is 13.9. The molecular weight excluding hydrogens is 353 g/mol. The number of amides is 1. The number of nitrogen functional groups attached to an aromatic ring is 1. The Hall–Kier alpha value is -1.21. The Morgan fingerprint density at radius 2 is 2.21 bits per heavy atom. The maximum Gasteiger partial charge on any atom is 0.255 e. The minimum absolute atomic E-state index is 0.0879. The predicted molar refractivity (Wildman–Crippen MR) is 96.2 cm³/mol. The van der Waals surface area contributed by atoms with E-state index in [9.17, 15) is 4.79 Å². The summed E-state index contributed by atoms with van der Waals surface area (Å²) in [6.45, 7) is 2.40. The molecule has 1 aliphatic heterocycles. The summed E-state index contributed by atoms with van der Waals surface area (Å²) >= 11 is 11.8. The number of benzene rings is 1. The first-order valence-corrected chi connectivity index (χ1v) is 8.66. The summed E-state index contributed by atoms with van der Waals surface area (Å²) in [5, 5.41) is 3.34. The fraction of sp³-hybridized carbons (Fsp3) is 0.562. The fourth-order valence-corrected chi connectivity index (χ4v) is 3.27. The summed E-state index contributed by atoms with van der Waals surface area (Å²) in [5.74, 6) is 0.712. The van der Waals surface area contributed by atoms with Gasteiger partial charge in [-0.2, -0.15) is 0 Å². The number of rotatable bonds is 6. The Bertz CT molecular complexity index is 586. The van der Waals surface area contributed by atoms with Gasteiger partial charge in [0.2, 0.25) is 0 Å².